The highest BCUT2D eigenvalue weighted by atomic mass is 32.2. The second-order valence-electron chi connectivity index (χ2n) is 2.52. The standard InChI is InChI=1S/C6H7NO2S2/c1-7-2-5-3-10-4-6(5)11(7,8)9/h3-4H,2H2,1H3. The first-order chi connectivity index (χ1) is 5.12. The molecule has 1 aliphatic heterocycles. The van der Waals surface area contributed by atoms with Crippen LogP contribution in [-0.2, 0) is 16.6 Å². The van der Waals surface area contributed by atoms with Gasteiger partial charge in [0.1, 0.15) is 0 Å². The molecule has 0 fully saturated rings. The fourth-order valence-electron chi connectivity index (χ4n) is 1.15. The van der Waals surface area contributed by atoms with Gasteiger partial charge in [-0.25, -0.2) is 8.42 Å². The van der Waals surface area contributed by atoms with Crippen molar-refractivity contribution in [2.24, 2.45) is 0 Å². The summed E-state index contributed by atoms with van der Waals surface area (Å²) in [5.41, 5.74) is 0.928. The number of nitrogens with zero attached hydrogens (tertiary/aromatic N) is 1. The highest BCUT2D eigenvalue weighted by Gasteiger charge is 2.31. The second kappa shape index (κ2) is 2.06. The van der Waals surface area contributed by atoms with Crippen molar-refractivity contribution in [3.8, 4) is 0 Å². The van der Waals surface area contributed by atoms with Gasteiger partial charge in [-0.05, 0) is 10.9 Å². The average Bonchev–Trinajstić information content (AvgIpc) is 2.41. The predicted molar refractivity (Wildman–Crippen MR) is 43.0 cm³/mol. The van der Waals surface area contributed by atoms with Gasteiger partial charge >= 0.3 is 0 Å². The Bertz CT molecular complexity index is 379. The van der Waals surface area contributed by atoms with Crippen LogP contribution >= 0.6 is 11.3 Å². The second-order valence-corrected chi connectivity index (χ2v) is 5.28. The largest absolute Gasteiger partial charge is 0.244 e. The van der Waals surface area contributed by atoms with Crippen molar-refractivity contribution in [1.29, 1.82) is 0 Å². The fraction of sp³-hybridized carbons (Fsp3) is 0.333. The fourth-order valence-corrected chi connectivity index (χ4v) is 3.68. The summed E-state index contributed by atoms with van der Waals surface area (Å²) in [7, 11) is -1.50. The molecule has 0 aromatic carbocycles. The maximum atomic E-state index is 11.4. The minimum absolute atomic E-state index is 0.491. The molecule has 0 amide bonds. The third kappa shape index (κ3) is 0.849. The Morgan fingerprint density at radius 1 is 1.55 bits per heavy atom. The summed E-state index contributed by atoms with van der Waals surface area (Å²) in [6, 6.07) is 0. The van der Waals surface area contributed by atoms with Crippen molar-refractivity contribution in [2.75, 3.05) is 7.05 Å². The Morgan fingerprint density at radius 2 is 2.27 bits per heavy atom. The normalized spacial score (nSPS) is 21.9. The summed E-state index contributed by atoms with van der Waals surface area (Å²) in [6.45, 7) is 0.529. The number of hydrogen-bond donors (Lipinski definition) is 0. The minimum Gasteiger partial charge on any atom is -0.207 e. The lowest BCUT2D eigenvalue weighted by Gasteiger charge is -2.04. The van der Waals surface area contributed by atoms with E-state index < -0.39 is 10.0 Å². The summed E-state index contributed by atoms with van der Waals surface area (Å²) in [5.74, 6) is 0. The Kier molecular flexibility index (Phi) is 1.36. The van der Waals surface area contributed by atoms with Crippen LogP contribution in [0.25, 0.3) is 0 Å². The third-order valence-electron chi connectivity index (χ3n) is 1.78. The van der Waals surface area contributed by atoms with Gasteiger partial charge in [-0.1, -0.05) is 0 Å². The Balaban J connectivity index is 2.71. The van der Waals surface area contributed by atoms with E-state index in [4.69, 9.17) is 0 Å². The lowest BCUT2D eigenvalue weighted by Crippen LogP contribution is -2.18. The van der Waals surface area contributed by atoms with E-state index in [1.165, 1.54) is 15.6 Å². The van der Waals surface area contributed by atoms with Gasteiger partial charge in [0.25, 0.3) is 0 Å². The van der Waals surface area contributed by atoms with Crippen LogP contribution < -0.4 is 0 Å². The average molecular weight is 189 g/mol. The van der Waals surface area contributed by atoms with Gasteiger partial charge in [-0.2, -0.15) is 15.6 Å². The first-order valence-corrected chi connectivity index (χ1v) is 5.52. The highest BCUT2D eigenvalue weighted by molar-refractivity contribution is 7.89. The number of fused-ring (bicyclic) bond motifs is 1. The predicted octanol–water partition coefficient (Wildman–Crippen LogP) is 0.882. The van der Waals surface area contributed by atoms with Crippen molar-refractivity contribution >= 4 is 21.4 Å². The molecule has 0 unspecified atom stereocenters. The van der Waals surface area contributed by atoms with E-state index in [1.807, 2.05) is 5.38 Å². The third-order valence-corrected chi connectivity index (χ3v) is 4.61. The molecular weight excluding hydrogens is 182 g/mol. The Hall–Kier alpha value is -0.390. The Labute approximate surface area is 69.3 Å². The van der Waals surface area contributed by atoms with Crippen LogP contribution in [0.3, 0.4) is 0 Å². The molecule has 0 saturated carbocycles. The van der Waals surface area contributed by atoms with Crippen LogP contribution in [-0.4, -0.2) is 19.8 Å². The molecule has 0 bridgehead atoms. The summed E-state index contributed by atoms with van der Waals surface area (Å²) >= 11 is 1.44. The molecule has 1 aromatic heterocycles. The summed E-state index contributed by atoms with van der Waals surface area (Å²) in [6.07, 6.45) is 0. The van der Waals surface area contributed by atoms with E-state index in [1.54, 1.807) is 12.4 Å². The zero-order valence-electron chi connectivity index (χ0n) is 5.94. The maximum absolute atomic E-state index is 11.4. The molecule has 0 saturated heterocycles. The van der Waals surface area contributed by atoms with Crippen LogP contribution in [0.15, 0.2) is 15.7 Å². The van der Waals surface area contributed by atoms with Gasteiger partial charge in [0.05, 0.1) is 4.90 Å². The Morgan fingerprint density at radius 3 is 2.91 bits per heavy atom. The molecule has 11 heavy (non-hydrogen) atoms. The monoisotopic (exact) mass is 189 g/mol. The van der Waals surface area contributed by atoms with Crippen LogP contribution in [0, 0.1) is 0 Å². The van der Waals surface area contributed by atoms with Crippen molar-refractivity contribution in [1.82, 2.24) is 4.31 Å². The zero-order chi connectivity index (χ0) is 8.06. The molecule has 1 aliphatic rings. The SMILES string of the molecule is CN1Cc2cscc2S1(=O)=O. The molecular formula is C6H7NO2S2. The summed E-state index contributed by atoms with van der Waals surface area (Å²) in [5, 5.41) is 3.57. The first kappa shape index (κ1) is 7.27. The molecule has 60 valence electrons. The molecule has 0 radical (unpaired) electrons. The van der Waals surface area contributed by atoms with Crippen molar-refractivity contribution < 1.29 is 8.42 Å². The van der Waals surface area contributed by atoms with E-state index in [-0.39, 0.29) is 0 Å². The van der Waals surface area contributed by atoms with Gasteiger partial charge < -0.3 is 0 Å². The van der Waals surface area contributed by atoms with Gasteiger partial charge in [-0.15, -0.1) is 0 Å². The van der Waals surface area contributed by atoms with Gasteiger partial charge in [-0.3, -0.25) is 0 Å². The maximum Gasteiger partial charge on any atom is 0.244 e. The van der Waals surface area contributed by atoms with E-state index in [9.17, 15) is 8.42 Å². The van der Waals surface area contributed by atoms with Crippen molar-refractivity contribution in [3.63, 3.8) is 0 Å². The van der Waals surface area contributed by atoms with Gasteiger partial charge in [0.2, 0.25) is 10.0 Å². The quantitative estimate of drug-likeness (QED) is 0.607. The van der Waals surface area contributed by atoms with Gasteiger partial charge in [0, 0.05) is 19.0 Å². The number of hydrogen-bond acceptors (Lipinski definition) is 3. The minimum atomic E-state index is -3.10. The van der Waals surface area contributed by atoms with Crippen LogP contribution in [0.1, 0.15) is 5.56 Å². The van der Waals surface area contributed by atoms with Crippen LogP contribution in [0.5, 0.6) is 0 Å². The van der Waals surface area contributed by atoms with Crippen LogP contribution in [0.4, 0.5) is 0 Å². The van der Waals surface area contributed by atoms with E-state index in [2.05, 4.69) is 0 Å². The molecule has 1 aromatic rings. The molecule has 0 atom stereocenters. The molecule has 2 heterocycles. The first-order valence-electron chi connectivity index (χ1n) is 3.14. The van der Waals surface area contributed by atoms with E-state index >= 15 is 0 Å². The van der Waals surface area contributed by atoms with Crippen LogP contribution in [0.2, 0.25) is 0 Å². The van der Waals surface area contributed by atoms with Crippen molar-refractivity contribution in [3.05, 3.63) is 16.3 Å². The molecule has 0 aliphatic carbocycles. The number of thiophene rings is 1. The molecule has 3 nitrogen and oxygen atoms in total. The lowest BCUT2D eigenvalue weighted by atomic mass is 10.3. The smallest absolute Gasteiger partial charge is 0.207 e. The number of rotatable bonds is 0. The number of sulfonamides is 1. The zero-order valence-corrected chi connectivity index (χ0v) is 7.58. The lowest BCUT2D eigenvalue weighted by molar-refractivity contribution is 0.488. The summed E-state index contributed by atoms with van der Waals surface area (Å²) in [4.78, 5) is 0.491. The molecule has 0 spiro atoms. The van der Waals surface area contributed by atoms with Crippen molar-refractivity contribution in [2.45, 2.75) is 11.4 Å². The van der Waals surface area contributed by atoms with E-state index in [0.29, 0.717) is 11.4 Å². The molecule has 2 rings (SSSR count). The summed E-state index contributed by atoms with van der Waals surface area (Å²) < 4.78 is 24.1. The highest BCUT2D eigenvalue weighted by Crippen LogP contribution is 2.31. The molecule has 5 heteroatoms. The van der Waals surface area contributed by atoms with E-state index in [0.717, 1.165) is 5.56 Å². The molecule has 0 N–H and O–H groups in total. The topological polar surface area (TPSA) is 37.4 Å². The van der Waals surface area contributed by atoms with Gasteiger partial charge in [0.15, 0.2) is 0 Å².